The molecule has 2 aromatic rings. The third-order valence-electron chi connectivity index (χ3n) is 2.42. The van der Waals surface area contributed by atoms with Crippen LogP contribution in [0.25, 0.3) is 0 Å². The van der Waals surface area contributed by atoms with Crippen molar-refractivity contribution in [2.45, 2.75) is 12.8 Å². The molecule has 0 unspecified atom stereocenters. The highest BCUT2D eigenvalue weighted by Crippen LogP contribution is 2.14. The van der Waals surface area contributed by atoms with Crippen molar-refractivity contribution < 1.29 is 10.4 Å². The van der Waals surface area contributed by atoms with Crippen LogP contribution < -0.4 is 0 Å². The number of oxime groups is 2. The molecule has 0 aliphatic heterocycles. The summed E-state index contributed by atoms with van der Waals surface area (Å²) in [6.45, 7) is 0. The van der Waals surface area contributed by atoms with E-state index in [9.17, 15) is 0 Å². The number of hydrogen-bond donors (Lipinski definition) is 2. The molecule has 2 N–H and O–H groups in total. The van der Waals surface area contributed by atoms with Crippen molar-refractivity contribution in [1.29, 1.82) is 0 Å². The van der Waals surface area contributed by atoms with Crippen molar-refractivity contribution >= 4 is 34.1 Å². The van der Waals surface area contributed by atoms with Gasteiger partial charge in [0.25, 0.3) is 0 Å². The van der Waals surface area contributed by atoms with E-state index in [1.54, 1.807) is 22.7 Å². The van der Waals surface area contributed by atoms with Crippen molar-refractivity contribution in [3.8, 4) is 0 Å². The third-order valence-corrected chi connectivity index (χ3v) is 4.17. The highest BCUT2D eigenvalue weighted by molar-refractivity contribution is 7.10. The Bertz CT molecular complexity index is 480. The van der Waals surface area contributed by atoms with E-state index in [4.69, 9.17) is 10.4 Å². The van der Waals surface area contributed by atoms with Crippen molar-refractivity contribution in [1.82, 2.24) is 0 Å². The normalized spacial score (nSPS) is 12.9. The molecule has 0 radical (unpaired) electrons. The molecule has 4 nitrogen and oxygen atoms in total. The fraction of sp³-hybridized carbons (Fsp3) is 0.167. The summed E-state index contributed by atoms with van der Waals surface area (Å²) in [6, 6.07) is 7.78. The van der Waals surface area contributed by atoms with Gasteiger partial charge in [-0.15, -0.1) is 22.7 Å². The van der Waals surface area contributed by atoms with E-state index < -0.39 is 0 Å². The minimum atomic E-state index is 0.397. The lowest BCUT2D eigenvalue weighted by atomic mass is 10.1. The zero-order chi connectivity index (χ0) is 12.8. The molecule has 2 heterocycles. The Morgan fingerprint density at radius 1 is 0.889 bits per heavy atom. The second kappa shape index (κ2) is 6.32. The Kier molecular flexibility index (Phi) is 4.49. The van der Waals surface area contributed by atoms with Gasteiger partial charge in [-0.1, -0.05) is 22.4 Å². The Balaban J connectivity index is 2.10. The Labute approximate surface area is 113 Å². The lowest BCUT2D eigenvalue weighted by Crippen LogP contribution is -2.19. The molecular weight excluding hydrogens is 268 g/mol. The Morgan fingerprint density at radius 3 is 1.61 bits per heavy atom. The minimum Gasteiger partial charge on any atom is -0.411 e. The van der Waals surface area contributed by atoms with Gasteiger partial charge < -0.3 is 10.4 Å². The molecule has 18 heavy (non-hydrogen) atoms. The van der Waals surface area contributed by atoms with Crippen LogP contribution in [0.4, 0.5) is 0 Å². The first-order valence-electron chi connectivity index (χ1n) is 5.30. The maximum atomic E-state index is 9.06. The molecule has 0 saturated carbocycles. The van der Waals surface area contributed by atoms with E-state index in [0.29, 0.717) is 24.3 Å². The van der Waals surface area contributed by atoms with Gasteiger partial charge in [0.2, 0.25) is 0 Å². The molecule has 0 aromatic carbocycles. The van der Waals surface area contributed by atoms with Crippen LogP contribution in [0.2, 0.25) is 0 Å². The summed E-state index contributed by atoms with van der Waals surface area (Å²) in [5, 5.41) is 28.5. The van der Waals surface area contributed by atoms with Crippen molar-refractivity contribution in [3.05, 3.63) is 44.8 Å². The monoisotopic (exact) mass is 280 g/mol. The molecular formula is C12H12N2O2S2. The van der Waals surface area contributed by atoms with Gasteiger partial charge in [-0.25, -0.2) is 0 Å². The van der Waals surface area contributed by atoms with Crippen LogP contribution >= 0.6 is 22.7 Å². The highest BCUT2D eigenvalue weighted by atomic mass is 32.1. The summed E-state index contributed by atoms with van der Waals surface area (Å²) in [5.41, 5.74) is 0.793. The first-order valence-corrected chi connectivity index (χ1v) is 7.06. The Morgan fingerprint density at radius 2 is 1.33 bits per heavy atom. The van der Waals surface area contributed by atoms with Crippen LogP contribution in [0.3, 0.4) is 0 Å². The summed E-state index contributed by atoms with van der Waals surface area (Å²) in [4.78, 5) is 2.13. The summed E-state index contributed by atoms with van der Waals surface area (Å²) in [5.74, 6) is 0. The van der Waals surface area contributed by atoms with Gasteiger partial charge in [0, 0.05) is 22.6 Å². The van der Waals surface area contributed by atoms with Gasteiger partial charge in [0.05, 0.1) is 0 Å². The molecule has 94 valence electrons. The second-order valence-corrected chi connectivity index (χ2v) is 5.67. The zero-order valence-electron chi connectivity index (χ0n) is 9.48. The first kappa shape index (κ1) is 12.8. The molecule has 0 aliphatic carbocycles. The lowest BCUT2D eigenvalue weighted by molar-refractivity contribution is 0.313. The van der Waals surface area contributed by atoms with Crippen molar-refractivity contribution in [3.63, 3.8) is 0 Å². The fourth-order valence-electron chi connectivity index (χ4n) is 1.55. The molecule has 0 atom stereocenters. The molecule has 0 aliphatic rings. The third kappa shape index (κ3) is 3.18. The van der Waals surface area contributed by atoms with E-state index in [0.717, 1.165) is 9.75 Å². The highest BCUT2D eigenvalue weighted by Gasteiger charge is 2.13. The second-order valence-electron chi connectivity index (χ2n) is 3.61. The smallest absolute Gasteiger partial charge is 0.110 e. The summed E-state index contributed by atoms with van der Waals surface area (Å²) < 4.78 is 0. The minimum absolute atomic E-state index is 0.397. The van der Waals surface area contributed by atoms with Crippen LogP contribution in [0, 0.1) is 0 Å². The van der Waals surface area contributed by atoms with Gasteiger partial charge in [-0.3, -0.25) is 0 Å². The molecule has 6 heteroatoms. The molecule has 2 aromatic heterocycles. The number of nitrogens with zero attached hydrogens (tertiary/aromatic N) is 2. The van der Waals surface area contributed by atoms with Gasteiger partial charge >= 0.3 is 0 Å². The lowest BCUT2D eigenvalue weighted by Gasteiger charge is -2.04. The van der Waals surface area contributed by atoms with Gasteiger partial charge in [0.15, 0.2) is 0 Å². The van der Waals surface area contributed by atoms with Gasteiger partial charge in [0.1, 0.15) is 11.4 Å². The SMILES string of the molecule is O/N=C(Cc1cccs1)/C(Cc1cccs1)=N/O. The number of rotatable bonds is 5. The zero-order valence-corrected chi connectivity index (χ0v) is 11.1. The van der Waals surface area contributed by atoms with Gasteiger partial charge in [-0.2, -0.15) is 0 Å². The maximum absolute atomic E-state index is 9.06. The molecule has 0 bridgehead atoms. The van der Waals surface area contributed by atoms with Crippen LogP contribution in [0.1, 0.15) is 9.75 Å². The molecule has 2 rings (SSSR count). The van der Waals surface area contributed by atoms with E-state index in [1.807, 2.05) is 35.0 Å². The predicted molar refractivity (Wildman–Crippen MR) is 74.5 cm³/mol. The van der Waals surface area contributed by atoms with Crippen LogP contribution in [-0.4, -0.2) is 21.8 Å². The van der Waals surface area contributed by atoms with Crippen LogP contribution in [0.5, 0.6) is 0 Å². The summed E-state index contributed by atoms with van der Waals surface area (Å²) >= 11 is 3.15. The maximum Gasteiger partial charge on any atom is 0.110 e. The molecule has 0 spiro atoms. The quantitative estimate of drug-likeness (QED) is 0.501. The van der Waals surface area contributed by atoms with E-state index >= 15 is 0 Å². The van der Waals surface area contributed by atoms with Crippen LogP contribution in [0.15, 0.2) is 45.3 Å². The number of thiophene rings is 2. The summed E-state index contributed by atoms with van der Waals surface area (Å²) in [6.07, 6.45) is 0.942. The summed E-state index contributed by atoms with van der Waals surface area (Å²) in [7, 11) is 0. The Hall–Kier alpha value is -1.66. The van der Waals surface area contributed by atoms with E-state index in [1.165, 1.54) is 0 Å². The molecule has 0 saturated heterocycles. The van der Waals surface area contributed by atoms with E-state index in [2.05, 4.69) is 10.3 Å². The van der Waals surface area contributed by atoms with Crippen molar-refractivity contribution in [2.75, 3.05) is 0 Å². The van der Waals surface area contributed by atoms with E-state index in [-0.39, 0.29) is 0 Å². The largest absolute Gasteiger partial charge is 0.411 e. The predicted octanol–water partition coefficient (Wildman–Crippen LogP) is 3.26. The average molecular weight is 280 g/mol. The topological polar surface area (TPSA) is 65.2 Å². The molecule has 0 fully saturated rings. The van der Waals surface area contributed by atoms with Gasteiger partial charge in [-0.05, 0) is 22.9 Å². The van der Waals surface area contributed by atoms with Crippen molar-refractivity contribution in [2.24, 2.45) is 10.3 Å². The first-order chi connectivity index (χ1) is 8.83. The molecule has 0 amide bonds. The van der Waals surface area contributed by atoms with Crippen LogP contribution in [-0.2, 0) is 12.8 Å². The standard InChI is InChI=1S/C12H12N2O2S2/c15-13-11(7-9-3-1-5-17-9)12(14-16)8-10-4-2-6-18-10/h1-6,15-16H,7-8H2/b13-11+,14-12+. The number of hydrogen-bond acceptors (Lipinski definition) is 6. The average Bonchev–Trinajstić information content (AvgIpc) is 3.06. The fourth-order valence-corrected chi connectivity index (χ4v) is 2.96.